The maximum atomic E-state index is 5.93. The zero-order valence-electron chi connectivity index (χ0n) is 11.1. The third-order valence-corrected chi connectivity index (χ3v) is 3.65. The van der Waals surface area contributed by atoms with Gasteiger partial charge in [0.1, 0.15) is 0 Å². The van der Waals surface area contributed by atoms with Crippen LogP contribution in [0.25, 0.3) is 0 Å². The van der Waals surface area contributed by atoms with Gasteiger partial charge in [-0.15, -0.1) is 0 Å². The Kier molecular flexibility index (Phi) is 3.69. The van der Waals surface area contributed by atoms with E-state index >= 15 is 0 Å². The first-order valence-electron chi connectivity index (χ1n) is 6.35. The average Bonchev–Trinajstić information content (AvgIpc) is 2.78. The molecule has 94 valence electrons. The van der Waals surface area contributed by atoms with Gasteiger partial charge in [0.15, 0.2) is 0 Å². The van der Waals surface area contributed by atoms with E-state index in [0.29, 0.717) is 6.04 Å². The van der Waals surface area contributed by atoms with E-state index in [2.05, 4.69) is 48.2 Å². The SMILES string of the molecule is CC(N)c1cccc(N2CCC(N(C)C)C2)c1. The van der Waals surface area contributed by atoms with Crippen LogP contribution in [-0.4, -0.2) is 38.1 Å². The van der Waals surface area contributed by atoms with Gasteiger partial charge in [0.25, 0.3) is 0 Å². The van der Waals surface area contributed by atoms with Gasteiger partial charge in [-0.25, -0.2) is 0 Å². The molecule has 1 aliphatic rings. The van der Waals surface area contributed by atoms with Crippen molar-refractivity contribution < 1.29 is 0 Å². The predicted molar refractivity (Wildman–Crippen MR) is 73.3 cm³/mol. The zero-order valence-corrected chi connectivity index (χ0v) is 11.1. The highest BCUT2D eigenvalue weighted by Crippen LogP contribution is 2.24. The fourth-order valence-electron chi connectivity index (χ4n) is 2.40. The molecule has 1 fully saturated rings. The van der Waals surface area contributed by atoms with Gasteiger partial charge in [0, 0.05) is 30.9 Å². The molecule has 1 aliphatic heterocycles. The molecule has 2 atom stereocenters. The minimum atomic E-state index is 0.113. The molecule has 0 aromatic heterocycles. The number of nitrogens with two attached hydrogens (primary N) is 1. The van der Waals surface area contributed by atoms with Crippen LogP contribution < -0.4 is 10.6 Å². The highest BCUT2D eigenvalue weighted by Gasteiger charge is 2.24. The molecule has 0 saturated carbocycles. The fourth-order valence-corrected chi connectivity index (χ4v) is 2.40. The van der Waals surface area contributed by atoms with Gasteiger partial charge in [-0.1, -0.05) is 12.1 Å². The van der Waals surface area contributed by atoms with Crippen molar-refractivity contribution in [2.24, 2.45) is 5.73 Å². The van der Waals surface area contributed by atoms with Crippen LogP contribution in [0.15, 0.2) is 24.3 Å². The van der Waals surface area contributed by atoms with Crippen molar-refractivity contribution in [3.8, 4) is 0 Å². The molecule has 17 heavy (non-hydrogen) atoms. The highest BCUT2D eigenvalue weighted by atomic mass is 15.2. The summed E-state index contributed by atoms with van der Waals surface area (Å²) in [4.78, 5) is 4.77. The van der Waals surface area contributed by atoms with E-state index in [1.807, 2.05) is 6.92 Å². The third-order valence-electron chi connectivity index (χ3n) is 3.65. The first-order valence-corrected chi connectivity index (χ1v) is 6.35. The Balaban J connectivity index is 2.11. The topological polar surface area (TPSA) is 32.5 Å². The van der Waals surface area contributed by atoms with E-state index in [9.17, 15) is 0 Å². The lowest BCUT2D eigenvalue weighted by molar-refractivity contribution is 0.315. The summed E-state index contributed by atoms with van der Waals surface area (Å²) >= 11 is 0. The van der Waals surface area contributed by atoms with Crippen LogP contribution in [0.5, 0.6) is 0 Å². The van der Waals surface area contributed by atoms with Crippen LogP contribution >= 0.6 is 0 Å². The number of hydrogen-bond acceptors (Lipinski definition) is 3. The van der Waals surface area contributed by atoms with Gasteiger partial charge < -0.3 is 15.5 Å². The summed E-state index contributed by atoms with van der Waals surface area (Å²) in [7, 11) is 4.32. The Bertz CT molecular complexity index is 373. The number of rotatable bonds is 3. The molecule has 0 spiro atoms. The predicted octanol–water partition coefficient (Wildman–Crippen LogP) is 1.85. The Labute approximate surface area is 104 Å². The second-order valence-corrected chi connectivity index (χ2v) is 5.24. The van der Waals surface area contributed by atoms with E-state index < -0.39 is 0 Å². The molecule has 1 aromatic carbocycles. The van der Waals surface area contributed by atoms with Crippen LogP contribution in [0.3, 0.4) is 0 Å². The van der Waals surface area contributed by atoms with Crippen LogP contribution in [0, 0.1) is 0 Å². The molecule has 2 rings (SSSR count). The molecule has 0 radical (unpaired) electrons. The summed E-state index contributed by atoms with van der Waals surface area (Å²) in [5.41, 5.74) is 8.46. The van der Waals surface area contributed by atoms with Gasteiger partial charge >= 0.3 is 0 Å². The van der Waals surface area contributed by atoms with Crippen LogP contribution in [-0.2, 0) is 0 Å². The molecular weight excluding hydrogens is 210 g/mol. The molecule has 3 heteroatoms. The van der Waals surface area contributed by atoms with Gasteiger partial charge in [0.2, 0.25) is 0 Å². The average molecular weight is 233 g/mol. The van der Waals surface area contributed by atoms with E-state index in [1.165, 1.54) is 17.7 Å². The van der Waals surface area contributed by atoms with E-state index in [1.54, 1.807) is 0 Å². The number of benzene rings is 1. The summed E-state index contributed by atoms with van der Waals surface area (Å²) < 4.78 is 0. The molecule has 0 bridgehead atoms. The first kappa shape index (κ1) is 12.4. The lowest BCUT2D eigenvalue weighted by Crippen LogP contribution is -2.31. The Morgan fingerprint density at radius 1 is 1.41 bits per heavy atom. The molecule has 2 N–H and O–H groups in total. The van der Waals surface area contributed by atoms with Crippen LogP contribution in [0.2, 0.25) is 0 Å². The Morgan fingerprint density at radius 2 is 2.18 bits per heavy atom. The summed E-state index contributed by atoms with van der Waals surface area (Å²) in [6.45, 7) is 4.30. The van der Waals surface area contributed by atoms with Crippen molar-refractivity contribution in [1.29, 1.82) is 0 Å². The largest absolute Gasteiger partial charge is 0.370 e. The minimum Gasteiger partial charge on any atom is -0.370 e. The molecule has 1 aromatic rings. The van der Waals surface area contributed by atoms with Gasteiger partial charge in [0.05, 0.1) is 0 Å². The molecule has 1 heterocycles. The molecule has 1 saturated heterocycles. The third kappa shape index (κ3) is 2.79. The van der Waals surface area contributed by atoms with Gasteiger partial charge in [-0.3, -0.25) is 0 Å². The molecule has 2 unspecified atom stereocenters. The zero-order chi connectivity index (χ0) is 12.4. The normalized spacial score (nSPS) is 22.2. The lowest BCUT2D eigenvalue weighted by atomic mass is 10.1. The number of anilines is 1. The quantitative estimate of drug-likeness (QED) is 0.864. The van der Waals surface area contributed by atoms with E-state index in [0.717, 1.165) is 13.1 Å². The maximum absolute atomic E-state index is 5.93. The summed E-state index contributed by atoms with van der Waals surface area (Å²) in [5, 5.41) is 0. The summed E-state index contributed by atoms with van der Waals surface area (Å²) in [6.07, 6.45) is 1.25. The highest BCUT2D eigenvalue weighted by molar-refractivity contribution is 5.50. The smallest absolute Gasteiger partial charge is 0.0370 e. The Morgan fingerprint density at radius 3 is 2.76 bits per heavy atom. The first-order chi connectivity index (χ1) is 8.08. The summed E-state index contributed by atoms with van der Waals surface area (Å²) in [5.74, 6) is 0. The van der Waals surface area contributed by atoms with Crippen molar-refractivity contribution >= 4 is 5.69 Å². The standard InChI is InChI=1S/C14H23N3/c1-11(15)12-5-4-6-13(9-12)17-8-7-14(10-17)16(2)3/h4-6,9,11,14H,7-8,10,15H2,1-3H3. The van der Waals surface area contributed by atoms with Crippen LogP contribution in [0.4, 0.5) is 5.69 Å². The summed E-state index contributed by atoms with van der Waals surface area (Å²) in [6, 6.07) is 9.41. The minimum absolute atomic E-state index is 0.113. The monoisotopic (exact) mass is 233 g/mol. The number of likely N-dealkylation sites (N-methyl/N-ethyl adjacent to an activating group) is 1. The lowest BCUT2D eigenvalue weighted by Gasteiger charge is -2.22. The van der Waals surface area contributed by atoms with Crippen molar-refractivity contribution in [1.82, 2.24) is 4.90 Å². The molecular formula is C14H23N3. The van der Waals surface area contributed by atoms with Gasteiger partial charge in [-0.05, 0) is 45.1 Å². The van der Waals surface area contributed by atoms with Gasteiger partial charge in [-0.2, -0.15) is 0 Å². The second kappa shape index (κ2) is 5.07. The van der Waals surface area contributed by atoms with Crippen LogP contribution in [0.1, 0.15) is 24.9 Å². The number of nitrogens with zero attached hydrogens (tertiary/aromatic N) is 2. The van der Waals surface area contributed by atoms with Crippen molar-refractivity contribution in [3.05, 3.63) is 29.8 Å². The van der Waals surface area contributed by atoms with Crippen molar-refractivity contribution in [2.45, 2.75) is 25.4 Å². The number of hydrogen-bond donors (Lipinski definition) is 1. The van der Waals surface area contributed by atoms with Crippen molar-refractivity contribution in [2.75, 3.05) is 32.1 Å². The molecule has 0 aliphatic carbocycles. The molecule has 0 amide bonds. The van der Waals surface area contributed by atoms with E-state index in [-0.39, 0.29) is 6.04 Å². The second-order valence-electron chi connectivity index (χ2n) is 5.24. The van der Waals surface area contributed by atoms with Crippen molar-refractivity contribution in [3.63, 3.8) is 0 Å². The fraction of sp³-hybridized carbons (Fsp3) is 0.571. The molecule has 3 nitrogen and oxygen atoms in total. The maximum Gasteiger partial charge on any atom is 0.0370 e. The Hall–Kier alpha value is -1.06. The van der Waals surface area contributed by atoms with E-state index in [4.69, 9.17) is 5.73 Å².